The molecule has 4 saturated carbocycles. The number of allylic oxidation sites excluding steroid dienone is 2. The van der Waals surface area contributed by atoms with Crippen molar-refractivity contribution in [2.45, 2.75) is 103 Å². The average Bonchev–Trinajstić information content (AvgIpc) is 2.84. The SMILES string of the molecule is COC(=O)[C@]12CC[C@@H](C)[C@H](C)C1C1=CCC3[C@@]4(C)CC(I)C(O)C(C)(CO)C4CC[C@@]3(C)[C@]1(C)CC2. The fourth-order valence-corrected chi connectivity index (χ4v) is 12.9. The van der Waals surface area contributed by atoms with Gasteiger partial charge in [-0.2, -0.15) is 0 Å². The van der Waals surface area contributed by atoms with Gasteiger partial charge in [-0.15, -0.1) is 0 Å². The zero-order valence-electron chi connectivity index (χ0n) is 23.6. The Kier molecular flexibility index (Phi) is 6.61. The Morgan fingerprint density at radius 1 is 1.08 bits per heavy atom. The maximum Gasteiger partial charge on any atom is 0.312 e. The lowest BCUT2D eigenvalue weighted by atomic mass is 9.33. The van der Waals surface area contributed by atoms with Gasteiger partial charge in [0.1, 0.15) is 0 Å². The van der Waals surface area contributed by atoms with Gasteiger partial charge in [-0.3, -0.25) is 4.79 Å². The van der Waals surface area contributed by atoms with Gasteiger partial charge in [0.05, 0.1) is 25.2 Å². The summed E-state index contributed by atoms with van der Waals surface area (Å²) >= 11 is 2.45. The van der Waals surface area contributed by atoms with Crippen LogP contribution in [0.25, 0.3) is 0 Å². The number of halogens is 1. The van der Waals surface area contributed by atoms with Crippen LogP contribution in [0, 0.1) is 56.7 Å². The van der Waals surface area contributed by atoms with Crippen LogP contribution in [0.3, 0.4) is 0 Å². The van der Waals surface area contributed by atoms with Crippen molar-refractivity contribution in [2.75, 3.05) is 13.7 Å². The number of esters is 1. The molecule has 0 bridgehead atoms. The van der Waals surface area contributed by atoms with Gasteiger partial charge in [0, 0.05) is 9.34 Å². The molecular weight excluding hydrogens is 563 g/mol. The van der Waals surface area contributed by atoms with Crippen LogP contribution in [0.15, 0.2) is 11.6 Å². The molecular formula is C31H49IO4. The van der Waals surface area contributed by atoms with E-state index in [9.17, 15) is 15.0 Å². The van der Waals surface area contributed by atoms with E-state index in [1.54, 1.807) is 12.7 Å². The highest BCUT2D eigenvalue weighted by atomic mass is 127. The molecule has 0 spiro atoms. The average molecular weight is 613 g/mol. The number of aliphatic hydroxyl groups excluding tert-OH is 2. The van der Waals surface area contributed by atoms with Crippen molar-refractivity contribution < 1.29 is 19.7 Å². The molecule has 5 aliphatic rings. The summed E-state index contributed by atoms with van der Waals surface area (Å²) in [5.74, 6) is 2.19. The van der Waals surface area contributed by atoms with Gasteiger partial charge in [-0.25, -0.2) is 0 Å². The van der Waals surface area contributed by atoms with Crippen molar-refractivity contribution in [3.63, 3.8) is 0 Å². The van der Waals surface area contributed by atoms with Crippen LogP contribution >= 0.6 is 22.6 Å². The molecule has 0 aliphatic heterocycles. The van der Waals surface area contributed by atoms with E-state index in [2.05, 4.69) is 70.2 Å². The topological polar surface area (TPSA) is 66.8 Å². The number of aliphatic hydroxyl groups is 2. The molecule has 0 aromatic rings. The molecule has 6 unspecified atom stereocenters. The molecule has 0 heterocycles. The van der Waals surface area contributed by atoms with Crippen LogP contribution < -0.4 is 0 Å². The van der Waals surface area contributed by atoms with Crippen LogP contribution in [0.2, 0.25) is 0 Å². The highest BCUT2D eigenvalue weighted by Gasteiger charge is 2.70. The van der Waals surface area contributed by atoms with E-state index in [0.717, 1.165) is 51.4 Å². The van der Waals surface area contributed by atoms with E-state index in [-0.39, 0.29) is 44.1 Å². The normalized spacial score (nSPS) is 56.4. The Labute approximate surface area is 232 Å². The van der Waals surface area contributed by atoms with Crippen LogP contribution in [0.4, 0.5) is 0 Å². The smallest absolute Gasteiger partial charge is 0.312 e. The highest BCUT2D eigenvalue weighted by Crippen LogP contribution is 2.76. The first kappa shape index (κ1) is 27.4. The fourth-order valence-electron chi connectivity index (χ4n) is 11.1. The first-order valence-corrected chi connectivity index (χ1v) is 15.7. The minimum Gasteiger partial charge on any atom is -0.469 e. The van der Waals surface area contributed by atoms with E-state index in [0.29, 0.717) is 23.7 Å². The number of carbonyl (C=O) groups is 1. The Hall–Kier alpha value is -0.140. The molecule has 5 heteroatoms. The fraction of sp³-hybridized carbons (Fsp3) is 0.903. The molecule has 2 N–H and O–H groups in total. The first-order valence-electron chi connectivity index (χ1n) is 14.5. The molecule has 12 atom stereocenters. The Morgan fingerprint density at radius 3 is 2.42 bits per heavy atom. The summed E-state index contributed by atoms with van der Waals surface area (Å²) in [6.07, 6.45) is 10.4. The summed E-state index contributed by atoms with van der Waals surface area (Å²) < 4.78 is 5.66. The summed E-state index contributed by atoms with van der Waals surface area (Å²) in [5, 5.41) is 21.8. The van der Waals surface area contributed by atoms with E-state index in [1.165, 1.54) is 0 Å². The summed E-state index contributed by atoms with van der Waals surface area (Å²) in [4.78, 5) is 13.4. The summed E-state index contributed by atoms with van der Waals surface area (Å²) in [5.41, 5.74) is 1.01. The van der Waals surface area contributed by atoms with Crippen LogP contribution in [-0.4, -0.2) is 39.9 Å². The predicted octanol–water partition coefficient (Wildman–Crippen LogP) is 6.56. The molecule has 0 saturated heterocycles. The number of hydrogen-bond donors (Lipinski definition) is 2. The lowest BCUT2D eigenvalue weighted by molar-refractivity contribution is -0.214. The highest BCUT2D eigenvalue weighted by molar-refractivity contribution is 14.1. The maximum absolute atomic E-state index is 13.4. The van der Waals surface area contributed by atoms with Crippen LogP contribution in [0.1, 0.15) is 92.9 Å². The Balaban J connectivity index is 1.62. The quantitative estimate of drug-likeness (QED) is 0.160. The van der Waals surface area contributed by atoms with E-state index < -0.39 is 11.5 Å². The Bertz CT molecular complexity index is 949. The van der Waals surface area contributed by atoms with Crippen molar-refractivity contribution in [1.82, 2.24) is 0 Å². The van der Waals surface area contributed by atoms with Gasteiger partial charge in [0.15, 0.2) is 0 Å². The second kappa shape index (κ2) is 8.68. The Morgan fingerprint density at radius 2 is 1.78 bits per heavy atom. The summed E-state index contributed by atoms with van der Waals surface area (Å²) in [7, 11) is 1.58. The van der Waals surface area contributed by atoms with Crippen LogP contribution in [-0.2, 0) is 9.53 Å². The van der Waals surface area contributed by atoms with Gasteiger partial charge in [0.25, 0.3) is 0 Å². The van der Waals surface area contributed by atoms with Gasteiger partial charge in [-0.1, -0.05) is 75.8 Å². The third-order valence-electron chi connectivity index (χ3n) is 13.6. The molecule has 0 aromatic carbocycles. The minimum atomic E-state index is -0.462. The molecule has 204 valence electrons. The maximum atomic E-state index is 13.4. The van der Waals surface area contributed by atoms with Gasteiger partial charge < -0.3 is 14.9 Å². The number of carbonyl (C=O) groups excluding carboxylic acids is 1. The van der Waals surface area contributed by atoms with Crippen LogP contribution in [0.5, 0.6) is 0 Å². The number of hydrogen-bond acceptors (Lipinski definition) is 4. The predicted molar refractivity (Wildman–Crippen MR) is 152 cm³/mol. The molecule has 0 amide bonds. The second-order valence-corrected chi connectivity index (χ2v) is 16.2. The summed E-state index contributed by atoms with van der Waals surface area (Å²) in [6.45, 7) is 14.5. The molecule has 36 heavy (non-hydrogen) atoms. The van der Waals surface area contributed by atoms with Gasteiger partial charge in [-0.05, 0) is 97.2 Å². The van der Waals surface area contributed by atoms with E-state index in [4.69, 9.17) is 4.74 Å². The number of ether oxygens (including phenoxy) is 1. The summed E-state index contributed by atoms with van der Waals surface area (Å²) in [6, 6.07) is 0. The minimum absolute atomic E-state index is 0.0184. The molecule has 0 aromatic heterocycles. The second-order valence-electron chi connectivity index (χ2n) is 14.6. The van der Waals surface area contributed by atoms with Crippen molar-refractivity contribution in [2.24, 2.45) is 56.7 Å². The lowest BCUT2D eigenvalue weighted by Gasteiger charge is -2.71. The molecule has 4 nitrogen and oxygen atoms in total. The monoisotopic (exact) mass is 612 g/mol. The standard InChI is InChI=1S/C31H49IO4/c1-18-10-13-31(26(35)36-7)15-14-29(5)20(24(31)19(18)2)8-9-23-27(3)16-21(32)25(34)28(4,17-33)22(27)11-12-30(23,29)6/h8,18-19,21-25,33-34H,9-17H2,1-7H3/t18-,19+,21?,22?,23?,24?,25?,27+,28?,29-,30-,31+/m1/s1. The van der Waals surface area contributed by atoms with Crippen molar-refractivity contribution in [1.29, 1.82) is 0 Å². The first-order chi connectivity index (χ1) is 16.8. The number of alkyl halides is 1. The van der Waals surface area contributed by atoms with Gasteiger partial charge >= 0.3 is 5.97 Å². The van der Waals surface area contributed by atoms with Crippen molar-refractivity contribution >= 4 is 28.6 Å². The third kappa shape index (κ3) is 3.20. The molecule has 5 aliphatic carbocycles. The van der Waals surface area contributed by atoms with Crippen molar-refractivity contribution in [3.8, 4) is 0 Å². The zero-order chi connectivity index (χ0) is 26.5. The largest absolute Gasteiger partial charge is 0.469 e. The zero-order valence-corrected chi connectivity index (χ0v) is 25.7. The lowest BCUT2D eigenvalue weighted by Crippen LogP contribution is -2.67. The van der Waals surface area contributed by atoms with Crippen molar-refractivity contribution in [3.05, 3.63) is 11.6 Å². The number of fused-ring (bicyclic) bond motifs is 7. The number of methoxy groups -OCH3 is 1. The number of rotatable bonds is 2. The van der Waals surface area contributed by atoms with Gasteiger partial charge in [0.2, 0.25) is 0 Å². The molecule has 4 fully saturated rings. The molecule has 5 rings (SSSR count). The van der Waals surface area contributed by atoms with E-state index in [1.807, 2.05) is 0 Å². The third-order valence-corrected chi connectivity index (χ3v) is 14.8. The molecule has 0 radical (unpaired) electrons. The van der Waals surface area contributed by atoms with E-state index >= 15 is 0 Å².